The van der Waals surface area contributed by atoms with E-state index in [4.69, 9.17) is 10.8 Å². The fraction of sp³-hybridized carbons (Fsp3) is 0.500. The molecule has 100 valence electrons. The highest BCUT2D eigenvalue weighted by atomic mass is 32.1. The first-order valence-electron chi connectivity index (χ1n) is 5.73. The maximum atomic E-state index is 12.0. The topological polar surface area (TPSA) is 92.4 Å². The van der Waals surface area contributed by atoms with Crippen molar-refractivity contribution in [3.8, 4) is 0 Å². The van der Waals surface area contributed by atoms with Crippen molar-refractivity contribution < 1.29 is 14.7 Å². The number of nitrogens with one attached hydrogen (secondary N) is 1. The van der Waals surface area contributed by atoms with Crippen molar-refractivity contribution in [1.29, 1.82) is 0 Å². The zero-order valence-electron chi connectivity index (χ0n) is 10.5. The molecule has 0 fully saturated rings. The number of thiophene rings is 1. The molecule has 0 bridgehead atoms. The Bertz CT molecular complexity index is 444. The highest BCUT2D eigenvalue weighted by molar-refractivity contribution is 7.12. The maximum absolute atomic E-state index is 12.0. The quantitative estimate of drug-likeness (QED) is 0.723. The number of carbonyl (C=O) groups excluding carboxylic acids is 2. The van der Waals surface area contributed by atoms with E-state index in [0.717, 1.165) is 0 Å². The number of hydrogen-bond donors (Lipinski definition) is 3. The lowest BCUT2D eigenvalue weighted by Crippen LogP contribution is -2.45. The highest BCUT2D eigenvalue weighted by Crippen LogP contribution is 2.18. The predicted octanol–water partition coefficient (Wildman–Crippen LogP) is 1.13. The van der Waals surface area contributed by atoms with Crippen molar-refractivity contribution in [1.82, 2.24) is 5.32 Å². The summed E-state index contributed by atoms with van der Waals surface area (Å²) in [6, 6.07) is 1.48. The van der Waals surface area contributed by atoms with Gasteiger partial charge >= 0.3 is 0 Å². The zero-order valence-corrected chi connectivity index (χ0v) is 11.3. The van der Waals surface area contributed by atoms with E-state index in [2.05, 4.69) is 5.32 Å². The third-order valence-corrected chi connectivity index (χ3v) is 3.90. The number of amides is 2. The van der Waals surface area contributed by atoms with Crippen molar-refractivity contribution >= 4 is 23.2 Å². The van der Waals surface area contributed by atoms with E-state index in [-0.39, 0.29) is 12.5 Å². The van der Waals surface area contributed by atoms with Crippen LogP contribution < -0.4 is 11.1 Å². The molecule has 5 nitrogen and oxygen atoms in total. The number of aliphatic hydroxyl groups is 1. The smallest absolute Gasteiger partial charge is 0.261 e. The lowest BCUT2D eigenvalue weighted by Gasteiger charge is -2.28. The molecule has 0 aliphatic heterocycles. The second-order valence-electron chi connectivity index (χ2n) is 4.41. The van der Waals surface area contributed by atoms with Crippen LogP contribution in [0.25, 0.3) is 0 Å². The van der Waals surface area contributed by atoms with Crippen LogP contribution in [0.2, 0.25) is 0 Å². The molecule has 0 aliphatic rings. The van der Waals surface area contributed by atoms with Gasteiger partial charge in [-0.3, -0.25) is 9.59 Å². The van der Waals surface area contributed by atoms with E-state index in [0.29, 0.717) is 23.3 Å². The monoisotopic (exact) mass is 270 g/mol. The van der Waals surface area contributed by atoms with Gasteiger partial charge in [-0.05, 0) is 25.8 Å². The van der Waals surface area contributed by atoms with Crippen LogP contribution in [0, 0.1) is 0 Å². The largest absolute Gasteiger partial charge is 0.396 e. The summed E-state index contributed by atoms with van der Waals surface area (Å²) in [5, 5.41) is 13.4. The number of rotatable bonds is 6. The molecule has 0 saturated heterocycles. The zero-order chi connectivity index (χ0) is 13.8. The molecule has 1 heterocycles. The first-order chi connectivity index (χ1) is 8.41. The number of nitrogens with two attached hydrogens (primary N) is 1. The van der Waals surface area contributed by atoms with Crippen LogP contribution in [0.5, 0.6) is 0 Å². The summed E-state index contributed by atoms with van der Waals surface area (Å²) < 4.78 is 0. The van der Waals surface area contributed by atoms with Gasteiger partial charge in [-0.15, -0.1) is 11.3 Å². The first-order valence-corrected chi connectivity index (χ1v) is 6.61. The summed E-state index contributed by atoms with van der Waals surface area (Å²) in [5.74, 6) is -0.788. The van der Waals surface area contributed by atoms with Crippen LogP contribution >= 0.6 is 11.3 Å². The minimum atomic E-state index is -0.543. The van der Waals surface area contributed by atoms with E-state index in [9.17, 15) is 9.59 Å². The van der Waals surface area contributed by atoms with Gasteiger partial charge in [0.15, 0.2) is 0 Å². The Morgan fingerprint density at radius 3 is 2.67 bits per heavy atom. The van der Waals surface area contributed by atoms with Gasteiger partial charge in [0.25, 0.3) is 5.91 Å². The van der Waals surface area contributed by atoms with E-state index in [1.165, 1.54) is 17.4 Å². The van der Waals surface area contributed by atoms with Crippen molar-refractivity contribution in [2.45, 2.75) is 32.2 Å². The molecule has 4 N–H and O–H groups in total. The van der Waals surface area contributed by atoms with Crippen LogP contribution in [-0.2, 0) is 0 Å². The second-order valence-corrected chi connectivity index (χ2v) is 5.32. The molecule has 0 radical (unpaired) electrons. The van der Waals surface area contributed by atoms with E-state index in [1.807, 2.05) is 13.8 Å². The standard InChI is InChI=1S/C12H18N2O3S/c1-3-12(2,4-5-15)14-11(17)9-6-8(7-18-9)10(13)16/h6-7,15H,3-5H2,1-2H3,(H2,13,16)(H,14,17). The SMILES string of the molecule is CCC(C)(CCO)NC(=O)c1cc(C(N)=O)cs1. The average molecular weight is 270 g/mol. The molecule has 1 rings (SSSR count). The Kier molecular flexibility index (Phi) is 4.86. The summed E-state index contributed by atoms with van der Waals surface area (Å²) >= 11 is 1.18. The number of primary amides is 1. The van der Waals surface area contributed by atoms with Gasteiger partial charge in [0.05, 0.1) is 10.4 Å². The van der Waals surface area contributed by atoms with E-state index < -0.39 is 11.4 Å². The molecule has 0 aliphatic carbocycles. The molecule has 1 aromatic rings. The molecule has 0 aromatic carbocycles. The molecule has 1 unspecified atom stereocenters. The van der Waals surface area contributed by atoms with Crippen molar-refractivity contribution in [2.75, 3.05) is 6.61 Å². The summed E-state index contributed by atoms with van der Waals surface area (Å²) in [6.07, 6.45) is 1.21. The average Bonchev–Trinajstić information content (AvgIpc) is 2.78. The lowest BCUT2D eigenvalue weighted by atomic mass is 9.95. The van der Waals surface area contributed by atoms with Crippen LogP contribution in [0.15, 0.2) is 11.4 Å². The van der Waals surface area contributed by atoms with Gasteiger partial charge in [-0.25, -0.2) is 0 Å². The van der Waals surface area contributed by atoms with Gasteiger partial charge in [0.1, 0.15) is 0 Å². The Hall–Kier alpha value is -1.40. The molecular formula is C12H18N2O3S. The Balaban J connectivity index is 2.77. The molecule has 0 saturated carbocycles. The summed E-state index contributed by atoms with van der Waals surface area (Å²) in [4.78, 5) is 23.4. The van der Waals surface area contributed by atoms with Crippen molar-refractivity contribution in [3.05, 3.63) is 21.9 Å². The van der Waals surface area contributed by atoms with Crippen LogP contribution in [-0.4, -0.2) is 29.1 Å². The summed E-state index contributed by atoms with van der Waals surface area (Å²) in [6.45, 7) is 3.84. The lowest BCUT2D eigenvalue weighted by molar-refractivity contribution is 0.0890. The van der Waals surface area contributed by atoms with Gasteiger partial charge in [-0.2, -0.15) is 0 Å². The van der Waals surface area contributed by atoms with Gasteiger partial charge < -0.3 is 16.2 Å². The molecule has 0 spiro atoms. The summed E-state index contributed by atoms with van der Waals surface area (Å²) in [7, 11) is 0. The van der Waals surface area contributed by atoms with Crippen molar-refractivity contribution in [3.63, 3.8) is 0 Å². The molecule has 1 atom stereocenters. The Morgan fingerprint density at radius 2 is 2.22 bits per heavy atom. The third-order valence-electron chi connectivity index (χ3n) is 2.97. The van der Waals surface area contributed by atoms with Gasteiger partial charge in [0, 0.05) is 17.5 Å². The molecule has 1 aromatic heterocycles. The molecule has 6 heteroatoms. The Morgan fingerprint density at radius 1 is 1.56 bits per heavy atom. The predicted molar refractivity (Wildman–Crippen MR) is 70.7 cm³/mol. The number of carbonyl (C=O) groups is 2. The minimum Gasteiger partial charge on any atom is -0.396 e. The second kappa shape index (κ2) is 5.97. The minimum absolute atomic E-state index is 0.0155. The van der Waals surface area contributed by atoms with Gasteiger partial charge in [0.2, 0.25) is 5.91 Å². The van der Waals surface area contributed by atoms with E-state index in [1.54, 1.807) is 5.38 Å². The van der Waals surface area contributed by atoms with Crippen LogP contribution in [0.3, 0.4) is 0 Å². The fourth-order valence-corrected chi connectivity index (χ4v) is 2.29. The normalized spacial score (nSPS) is 13.9. The van der Waals surface area contributed by atoms with Crippen LogP contribution in [0.1, 0.15) is 46.7 Å². The van der Waals surface area contributed by atoms with Crippen LogP contribution in [0.4, 0.5) is 0 Å². The summed E-state index contributed by atoms with van der Waals surface area (Å²) in [5.41, 5.74) is 5.03. The third kappa shape index (κ3) is 3.54. The highest BCUT2D eigenvalue weighted by Gasteiger charge is 2.25. The fourth-order valence-electron chi connectivity index (χ4n) is 1.49. The molecule has 18 heavy (non-hydrogen) atoms. The molecular weight excluding hydrogens is 252 g/mol. The van der Waals surface area contributed by atoms with E-state index >= 15 is 0 Å². The number of hydrogen-bond acceptors (Lipinski definition) is 4. The first kappa shape index (κ1) is 14.7. The maximum Gasteiger partial charge on any atom is 0.261 e. The van der Waals surface area contributed by atoms with Gasteiger partial charge in [-0.1, -0.05) is 6.92 Å². The molecule has 2 amide bonds. The number of aliphatic hydroxyl groups excluding tert-OH is 1. The Labute approximate surface area is 110 Å². The van der Waals surface area contributed by atoms with Crippen molar-refractivity contribution in [2.24, 2.45) is 5.73 Å².